The van der Waals surface area contributed by atoms with Gasteiger partial charge in [0.05, 0.1) is 6.04 Å². The van der Waals surface area contributed by atoms with E-state index in [1.165, 1.54) is 6.42 Å². The van der Waals surface area contributed by atoms with Gasteiger partial charge in [-0.05, 0) is 43.4 Å². The largest absolute Gasteiger partial charge is 0.325 e. The number of nitrogens with zero attached hydrogens (tertiary/aromatic N) is 1. The minimum atomic E-state index is -0.0841. The van der Waals surface area contributed by atoms with Gasteiger partial charge in [-0.15, -0.1) is 0 Å². The summed E-state index contributed by atoms with van der Waals surface area (Å²) in [5.74, 6) is 1.41. The molecule has 1 aliphatic heterocycles. The number of amides is 1. The quantitative estimate of drug-likeness (QED) is 0.910. The van der Waals surface area contributed by atoms with Crippen LogP contribution in [0.1, 0.15) is 27.2 Å². The summed E-state index contributed by atoms with van der Waals surface area (Å²) in [5, 5.41) is 3.00. The van der Waals surface area contributed by atoms with Crippen molar-refractivity contribution in [3.63, 3.8) is 0 Å². The van der Waals surface area contributed by atoms with Gasteiger partial charge in [0.15, 0.2) is 0 Å². The molecule has 3 atom stereocenters. The first-order valence-electron chi connectivity index (χ1n) is 7.26. The zero-order chi connectivity index (χ0) is 14.7. The van der Waals surface area contributed by atoms with Gasteiger partial charge >= 0.3 is 0 Å². The van der Waals surface area contributed by atoms with Gasteiger partial charge < -0.3 is 5.32 Å². The minimum Gasteiger partial charge on any atom is -0.325 e. The van der Waals surface area contributed by atoms with Gasteiger partial charge in [-0.3, -0.25) is 9.69 Å². The Kier molecular flexibility index (Phi) is 5.22. The molecule has 1 amide bonds. The van der Waals surface area contributed by atoms with Gasteiger partial charge in [0.1, 0.15) is 0 Å². The molecule has 1 aliphatic rings. The van der Waals surface area contributed by atoms with Crippen LogP contribution in [0.5, 0.6) is 0 Å². The molecule has 0 bridgehead atoms. The zero-order valence-corrected chi connectivity index (χ0v) is 14.0. The Morgan fingerprint density at radius 3 is 2.60 bits per heavy atom. The molecule has 110 valence electrons. The molecule has 0 radical (unpaired) electrons. The normalized spacial score (nSPS) is 25.2. The van der Waals surface area contributed by atoms with E-state index < -0.39 is 0 Å². The molecule has 4 heteroatoms. The topological polar surface area (TPSA) is 32.3 Å². The van der Waals surface area contributed by atoms with E-state index in [0.717, 1.165) is 23.2 Å². The van der Waals surface area contributed by atoms with Crippen LogP contribution in [0.25, 0.3) is 0 Å². The monoisotopic (exact) mass is 338 g/mol. The van der Waals surface area contributed by atoms with Crippen molar-refractivity contribution in [2.45, 2.75) is 33.2 Å². The van der Waals surface area contributed by atoms with Crippen molar-refractivity contribution >= 4 is 27.5 Å². The van der Waals surface area contributed by atoms with Crippen molar-refractivity contribution in [1.82, 2.24) is 4.90 Å². The fraction of sp³-hybridized carbons (Fsp3) is 0.562. The number of rotatable bonds is 3. The van der Waals surface area contributed by atoms with Crippen LogP contribution in [-0.2, 0) is 4.79 Å². The Labute approximate surface area is 129 Å². The second-order valence-electron chi connectivity index (χ2n) is 6.08. The number of carbonyl (C=O) groups excluding carboxylic acids is 1. The van der Waals surface area contributed by atoms with Gasteiger partial charge in [-0.25, -0.2) is 0 Å². The Morgan fingerprint density at radius 1 is 1.35 bits per heavy atom. The average Bonchev–Trinajstić information content (AvgIpc) is 2.36. The second kappa shape index (κ2) is 6.72. The Balaban J connectivity index is 1.98. The van der Waals surface area contributed by atoms with Crippen molar-refractivity contribution in [2.75, 3.05) is 18.4 Å². The van der Waals surface area contributed by atoms with Crippen molar-refractivity contribution in [2.24, 2.45) is 11.8 Å². The summed E-state index contributed by atoms with van der Waals surface area (Å²) >= 11 is 3.42. The van der Waals surface area contributed by atoms with Gasteiger partial charge in [-0.1, -0.05) is 35.8 Å². The van der Waals surface area contributed by atoms with Crippen LogP contribution < -0.4 is 5.32 Å². The third-order valence-electron chi connectivity index (χ3n) is 3.92. The maximum Gasteiger partial charge on any atom is 0.241 e. The van der Waals surface area contributed by atoms with Crippen molar-refractivity contribution in [1.29, 1.82) is 0 Å². The van der Waals surface area contributed by atoms with E-state index in [1.807, 2.05) is 31.2 Å². The Bertz CT molecular complexity index is 467. The fourth-order valence-electron chi connectivity index (χ4n) is 3.01. The number of hydrogen-bond acceptors (Lipinski definition) is 2. The van der Waals surface area contributed by atoms with E-state index >= 15 is 0 Å². The van der Waals surface area contributed by atoms with Crippen LogP contribution in [0.2, 0.25) is 0 Å². The molecule has 0 aliphatic carbocycles. The number of hydrogen-bond donors (Lipinski definition) is 1. The first-order chi connectivity index (χ1) is 9.45. The van der Waals surface area contributed by atoms with Crippen molar-refractivity contribution in [3.8, 4) is 0 Å². The molecule has 1 fully saturated rings. The number of halogens is 1. The highest BCUT2D eigenvalue weighted by molar-refractivity contribution is 9.10. The SMILES string of the molecule is C[C@@H]1C[C@@H](C)CN([C@@H](C)C(=O)Nc2cccc(Br)c2)C1. The second-order valence-corrected chi connectivity index (χ2v) is 6.99. The Hall–Kier alpha value is -0.870. The van der Waals surface area contributed by atoms with E-state index in [1.54, 1.807) is 0 Å². The van der Waals surface area contributed by atoms with Crippen LogP contribution >= 0.6 is 15.9 Å². The summed E-state index contributed by atoms with van der Waals surface area (Å²) in [6.45, 7) is 8.55. The molecule has 0 saturated carbocycles. The van der Waals surface area contributed by atoms with E-state index in [9.17, 15) is 4.79 Å². The molecule has 20 heavy (non-hydrogen) atoms. The highest BCUT2D eigenvalue weighted by Crippen LogP contribution is 2.23. The maximum atomic E-state index is 12.4. The number of piperidine rings is 1. The molecule has 1 aromatic carbocycles. The third kappa shape index (κ3) is 4.06. The van der Waals surface area contributed by atoms with Crippen LogP contribution in [0, 0.1) is 11.8 Å². The van der Waals surface area contributed by atoms with Gasteiger partial charge in [0.2, 0.25) is 5.91 Å². The molecule has 0 spiro atoms. The molecule has 0 unspecified atom stereocenters. The molecular weight excluding hydrogens is 316 g/mol. The Morgan fingerprint density at radius 2 is 2.00 bits per heavy atom. The average molecular weight is 339 g/mol. The molecule has 1 saturated heterocycles. The number of benzene rings is 1. The van der Waals surface area contributed by atoms with Crippen molar-refractivity contribution < 1.29 is 4.79 Å². The molecule has 0 aromatic heterocycles. The lowest BCUT2D eigenvalue weighted by Gasteiger charge is -2.38. The molecule has 1 N–H and O–H groups in total. The summed E-state index contributed by atoms with van der Waals surface area (Å²) in [6.07, 6.45) is 1.26. The van der Waals surface area contributed by atoms with Crippen LogP contribution in [-0.4, -0.2) is 29.9 Å². The highest BCUT2D eigenvalue weighted by Gasteiger charge is 2.28. The van der Waals surface area contributed by atoms with Crippen molar-refractivity contribution in [3.05, 3.63) is 28.7 Å². The lowest BCUT2D eigenvalue weighted by molar-refractivity contribution is -0.121. The van der Waals surface area contributed by atoms with E-state index in [2.05, 4.69) is 40.0 Å². The van der Waals surface area contributed by atoms with Gasteiger partial charge in [-0.2, -0.15) is 0 Å². The van der Waals surface area contributed by atoms with E-state index in [-0.39, 0.29) is 11.9 Å². The standard InChI is InChI=1S/C16H23BrN2O/c1-11-7-12(2)10-19(9-11)13(3)16(20)18-15-6-4-5-14(17)8-15/h4-6,8,11-13H,7,9-10H2,1-3H3,(H,18,20)/t11-,12-,13+/m1/s1. The zero-order valence-electron chi connectivity index (χ0n) is 12.4. The number of likely N-dealkylation sites (tertiary alicyclic amines) is 1. The molecule has 2 rings (SSSR count). The highest BCUT2D eigenvalue weighted by atomic mass is 79.9. The lowest BCUT2D eigenvalue weighted by Crippen LogP contribution is -2.48. The number of anilines is 1. The molecule has 1 aromatic rings. The van der Waals surface area contributed by atoms with Crippen LogP contribution in [0.4, 0.5) is 5.69 Å². The third-order valence-corrected chi connectivity index (χ3v) is 4.41. The summed E-state index contributed by atoms with van der Waals surface area (Å²) in [5.41, 5.74) is 0.842. The summed E-state index contributed by atoms with van der Waals surface area (Å²) in [6, 6.07) is 7.63. The minimum absolute atomic E-state index is 0.0735. The first-order valence-corrected chi connectivity index (χ1v) is 8.05. The van der Waals surface area contributed by atoms with Crippen LogP contribution in [0.15, 0.2) is 28.7 Å². The first kappa shape index (κ1) is 15.5. The predicted molar refractivity (Wildman–Crippen MR) is 86.8 cm³/mol. The van der Waals surface area contributed by atoms with E-state index in [0.29, 0.717) is 11.8 Å². The number of nitrogens with one attached hydrogen (secondary N) is 1. The summed E-state index contributed by atoms with van der Waals surface area (Å²) < 4.78 is 0.975. The van der Waals surface area contributed by atoms with E-state index in [4.69, 9.17) is 0 Å². The fourth-order valence-corrected chi connectivity index (χ4v) is 3.41. The number of carbonyl (C=O) groups is 1. The maximum absolute atomic E-state index is 12.4. The molecular formula is C16H23BrN2O. The molecule has 1 heterocycles. The molecule has 3 nitrogen and oxygen atoms in total. The summed E-state index contributed by atoms with van der Waals surface area (Å²) in [4.78, 5) is 14.7. The smallest absolute Gasteiger partial charge is 0.241 e. The summed E-state index contributed by atoms with van der Waals surface area (Å²) in [7, 11) is 0. The van der Waals surface area contributed by atoms with Crippen LogP contribution in [0.3, 0.4) is 0 Å². The lowest BCUT2D eigenvalue weighted by atomic mass is 9.91. The van der Waals surface area contributed by atoms with Gasteiger partial charge in [0, 0.05) is 23.2 Å². The van der Waals surface area contributed by atoms with Gasteiger partial charge in [0.25, 0.3) is 0 Å². The predicted octanol–water partition coefficient (Wildman–Crippen LogP) is 3.75.